The lowest BCUT2D eigenvalue weighted by molar-refractivity contribution is 0.0379. The third-order valence-corrected chi connectivity index (χ3v) is 3.46. The van der Waals surface area contributed by atoms with Crippen LogP contribution in [0.1, 0.15) is 47.0 Å². The molecule has 1 saturated carbocycles. The second kappa shape index (κ2) is 2.36. The Morgan fingerprint density at radius 2 is 1.73 bits per heavy atom. The molecule has 0 atom stereocenters. The van der Waals surface area contributed by atoms with Gasteiger partial charge in [-0.15, -0.1) is 0 Å². The van der Waals surface area contributed by atoms with Gasteiger partial charge in [-0.3, -0.25) is 0 Å². The molecule has 0 aliphatic heterocycles. The summed E-state index contributed by atoms with van der Waals surface area (Å²) >= 11 is 0. The molecule has 0 aromatic carbocycles. The smallest absolute Gasteiger partial charge is 0.00450 e. The van der Waals surface area contributed by atoms with E-state index in [1.807, 2.05) is 0 Å². The SMILES string of the molecule is C=C(C)C1(C(C)(C)C)CCC1. The molecule has 0 aromatic heterocycles. The molecule has 0 unspecified atom stereocenters. The molecule has 0 N–H and O–H groups in total. The van der Waals surface area contributed by atoms with Crippen LogP contribution in [0.15, 0.2) is 12.2 Å². The molecule has 0 radical (unpaired) electrons. The van der Waals surface area contributed by atoms with Crippen LogP contribution >= 0.6 is 0 Å². The summed E-state index contributed by atoms with van der Waals surface area (Å²) in [6.45, 7) is 13.3. The van der Waals surface area contributed by atoms with Gasteiger partial charge in [0.1, 0.15) is 0 Å². The Kier molecular flexibility index (Phi) is 1.90. The van der Waals surface area contributed by atoms with Crippen molar-refractivity contribution in [2.75, 3.05) is 0 Å². The average Bonchev–Trinajstić information content (AvgIpc) is 1.52. The van der Waals surface area contributed by atoms with Crippen LogP contribution in [-0.4, -0.2) is 0 Å². The minimum atomic E-state index is 0.414. The predicted molar refractivity (Wildman–Crippen MR) is 50.6 cm³/mol. The van der Waals surface area contributed by atoms with E-state index >= 15 is 0 Å². The topological polar surface area (TPSA) is 0 Å². The third-order valence-electron chi connectivity index (χ3n) is 3.46. The Morgan fingerprint density at radius 3 is 1.73 bits per heavy atom. The normalized spacial score (nSPS) is 22.5. The molecule has 11 heavy (non-hydrogen) atoms. The maximum absolute atomic E-state index is 4.12. The van der Waals surface area contributed by atoms with E-state index in [2.05, 4.69) is 34.3 Å². The molecule has 0 saturated heterocycles. The first-order chi connectivity index (χ1) is 4.90. The fraction of sp³-hybridized carbons (Fsp3) is 0.818. The summed E-state index contributed by atoms with van der Waals surface area (Å²) in [6.07, 6.45) is 4.10. The van der Waals surface area contributed by atoms with Crippen molar-refractivity contribution in [2.45, 2.75) is 47.0 Å². The van der Waals surface area contributed by atoms with Crippen LogP contribution in [0.5, 0.6) is 0 Å². The summed E-state index contributed by atoms with van der Waals surface area (Å²) in [5.41, 5.74) is 2.26. The Hall–Kier alpha value is -0.260. The summed E-state index contributed by atoms with van der Waals surface area (Å²) in [5.74, 6) is 0. The standard InChI is InChI=1S/C11H20/c1-9(2)11(7-6-8-11)10(3,4)5/h1,6-8H2,2-5H3. The third kappa shape index (κ3) is 1.13. The minimum absolute atomic E-state index is 0.414. The van der Waals surface area contributed by atoms with Crippen molar-refractivity contribution in [1.29, 1.82) is 0 Å². The highest BCUT2D eigenvalue weighted by molar-refractivity contribution is 5.16. The van der Waals surface area contributed by atoms with Crippen LogP contribution in [0.25, 0.3) is 0 Å². The zero-order valence-electron chi connectivity index (χ0n) is 8.33. The second-order valence-electron chi connectivity index (χ2n) is 4.97. The summed E-state index contributed by atoms with van der Waals surface area (Å²) < 4.78 is 0. The molecule has 1 aliphatic carbocycles. The molecular formula is C11H20. The highest BCUT2D eigenvalue weighted by atomic mass is 14.5. The summed E-state index contributed by atoms with van der Waals surface area (Å²) in [7, 11) is 0. The van der Waals surface area contributed by atoms with Crippen LogP contribution in [0.3, 0.4) is 0 Å². The zero-order chi connectivity index (χ0) is 8.70. The molecular weight excluding hydrogens is 132 g/mol. The second-order valence-corrected chi connectivity index (χ2v) is 4.97. The first-order valence-corrected chi connectivity index (χ1v) is 4.56. The molecule has 0 aromatic rings. The van der Waals surface area contributed by atoms with Crippen molar-refractivity contribution < 1.29 is 0 Å². The molecule has 0 amide bonds. The lowest BCUT2D eigenvalue weighted by Crippen LogP contribution is -2.42. The van der Waals surface area contributed by atoms with Crippen LogP contribution in [0.2, 0.25) is 0 Å². The van der Waals surface area contributed by atoms with Gasteiger partial charge in [0, 0.05) is 0 Å². The maximum atomic E-state index is 4.12. The van der Waals surface area contributed by atoms with Gasteiger partial charge in [0.25, 0.3) is 0 Å². The van der Waals surface area contributed by atoms with Crippen molar-refractivity contribution in [3.05, 3.63) is 12.2 Å². The molecule has 0 heteroatoms. The largest absolute Gasteiger partial charge is 0.0996 e. The van der Waals surface area contributed by atoms with Gasteiger partial charge in [0.05, 0.1) is 0 Å². The van der Waals surface area contributed by atoms with Crippen molar-refractivity contribution >= 4 is 0 Å². The van der Waals surface area contributed by atoms with Gasteiger partial charge in [-0.2, -0.15) is 0 Å². The average molecular weight is 152 g/mol. The first kappa shape index (κ1) is 8.83. The Morgan fingerprint density at radius 1 is 1.27 bits per heavy atom. The van der Waals surface area contributed by atoms with Crippen molar-refractivity contribution in [2.24, 2.45) is 10.8 Å². The summed E-state index contributed by atoms with van der Waals surface area (Å²) in [6, 6.07) is 0. The molecule has 1 aliphatic rings. The van der Waals surface area contributed by atoms with Gasteiger partial charge in [0.2, 0.25) is 0 Å². The van der Waals surface area contributed by atoms with Crippen molar-refractivity contribution in [3.63, 3.8) is 0 Å². The summed E-state index contributed by atoms with van der Waals surface area (Å²) in [4.78, 5) is 0. The highest BCUT2D eigenvalue weighted by Gasteiger charge is 2.46. The van der Waals surface area contributed by atoms with E-state index in [1.54, 1.807) is 0 Å². The Bertz CT molecular complexity index is 165. The van der Waals surface area contributed by atoms with Crippen molar-refractivity contribution in [1.82, 2.24) is 0 Å². The van der Waals surface area contributed by atoms with E-state index in [1.165, 1.54) is 24.8 Å². The number of hydrogen-bond acceptors (Lipinski definition) is 0. The number of allylic oxidation sites excluding steroid dienone is 1. The maximum Gasteiger partial charge on any atom is -0.00450 e. The molecule has 0 bridgehead atoms. The quantitative estimate of drug-likeness (QED) is 0.502. The zero-order valence-corrected chi connectivity index (χ0v) is 8.33. The lowest BCUT2D eigenvalue weighted by Gasteiger charge is -2.52. The van der Waals surface area contributed by atoms with E-state index in [9.17, 15) is 0 Å². The molecule has 0 spiro atoms. The Labute approximate surface area is 70.7 Å². The monoisotopic (exact) mass is 152 g/mol. The van der Waals surface area contributed by atoms with Crippen LogP contribution < -0.4 is 0 Å². The fourth-order valence-electron chi connectivity index (χ4n) is 2.35. The molecule has 1 rings (SSSR count). The van der Waals surface area contributed by atoms with E-state index in [0.717, 1.165) is 0 Å². The van der Waals surface area contributed by atoms with Crippen LogP contribution in [0, 0.1) is 10.8 Å². The number of hydrogen-bond donors (Lipinski definition) is 0. The lowest BCUT2D eigenvalue weighted by atomic mass is 9.52. The van der Waals surface area contributed by atoms with E-state index in [-0.39, 0.29) is 0 Å². The van der Waals surface area contributed by atoms with Gasteiger partial charge in [-0.25, -0.2) is 0 Å². The van der Waals surface area contributed by atoms with Crippen LogP contribution in [0.4, 0.5) is 0 Å². The molecule has 0 heterocycles. The summed E-state index contributed by atoms with van der Waals surface area (Å²) in [5, 5.41) is 0. The van der Waals surface area contributed by atoms with E-state index in [4.69, 9.17) is 0 Å². The van der Waals surface area contributed by atoms with E-state index < -0.39 is 0 Å². The molecule has 1 fully saturated rings. The first-order valence-electron chi connectivity index (χ1n) is 4.56. The van der Waals surface area contributed by atoms with Crippen LogP contribution in [-0.2, 0) is 0 Å². The van der Waals surface area contributed by atoms with E-state index in [0.29, 0.717) is 10.8 Å². The predicted octanol–water partition coefficient (Wildman–Crippen LogP) is 3.78. The van der Waals surface area contributed by atoms with Crippen molar-refractivity contribution in [3.8, 4) is 0 Å². The molecule has 64 valence electrons. The molecule has 0 nitrogen and oxygen atoms in total. The van der Waals surface area contributed by atoms with Gasteiger partial charge >= 0.3 is 0 Å². The fourth-order valence-corrected chi connectivity index (χ4v) is 2.35. The highest BCUT2D eigenvalue weighted by Crippen LogP contribution is 2.57. The van der Waals surface area contributed by atoms with Gasteiger partial charge in [-0.05, 0) is 30.6 Å². The minimum Gasteiger partial charge on any atom is -0.0996 e. The number of rotatable bonds is 1. The van der Waals surface area contributed by atoms with Gasteiger partial charge in [0.15, 0.2) is 0 Å². The Balaban J connectivity index is 2.85. The van der Waals surface area contributed by atoms with Gasteiger partial charge < -0.3 is 0 Å². The van der Waals surface area contributed by atoms with Gasteiger partial charge in [-0.1, -0.05) is 39.3 Å².